The van der Waals surface area contributed by atoms with Crippen LogP contribution in [0.1, 0.15) is 53.4 Å². The van der Waals surface area contributed by atoms with Crippen molar-refractivity contribution in [1.29, 1.82) is 0 Å². The van der Waals surface area contributed by atoms with Gasteiger partial charge in [-0.3, -0.25) is 9.88 Å². The van der Waals surface area contributed by atoms with E-state index in [1.54, 1.807) is 5.56 Å². The number of hydrogen-bond donors (Lipinski definition) is 0. The van der Waals surface area contributed by atoms with Gasteiger partial charge in [-0.15, -0.1) is 0 Å². The molecule has 0 spiro atoms. The maximum atomic E-state index is 4.43. The number of piperidine rings is 1. The van der Waals surface area contributed by atoms with Crippen LogP contribution in [-0.4, -0.2) is 27.5 Å². The number of nitrogens with zero attached hydrogens (tertiary/aromatic N) is 3. The molecule has 2 atom stereocenters. The quantitative estimate of drug-likeness (QED) is 0.615. The fourth-order valence-corrected chi connectivity index (χ4v) is 5.02. The Hall–Kier alpha value is -2.39. The predicted octanol–water partition coefficient (Wildman–Crippen LogP) is 5.36. The van der Waals surface area contributed by atoms with Gasteiger partial charge in [0.2, 0.25) is 0 Å². The van der Waals surface area contributed by atoms with Crippen molar-refractivity contribution in [2.45, 2.75) is 51.6 Å². The number of benzene rings is 1. The Morgan fingerprint density at radius 2 is 2.00 bits per heavy atom. The summed E-state index contributed by atoms with van der Waals surface area (Å²) in [7, 11) is 2.32. The van der Waals surface area contributed by atoms with Crippen molar-refractivity contribution in [2.75, 3.05) is 7.05 Å². The summed E-state index contributed by atoms with van der Waals surface area (Å²) in [5, 5.41) is 1.44. The van der Waals surface area contributed by atoms with Gasteiger partial charge in [-0.2, -0.15) is 0 Å². The first-order valence-corrected chi connectivity index (χ1v) is 10.1. The third kappa shape index (κ3) is 2.72. The highest BCUT2D eigenvalue weighted by molar-refractivity contribution is 5.90. The summed E-state index contributed by atoms with van der Waals surface area (Å²) in [6, 6.07) is 12.4. The van der Waals surface area contributed by atoms with Gasteiger partial charge in [0.1, 0.15) is 0 Å². The Balaban J connectivity index is 1.68. The highest BCUT2D eigenvalue weighted by atomic mass is 15.2. The third-order valence-corrected chi connectivity index (χ3v) is 6.50. The van der Waals surface area contributed by atoms with Crippen LogP contribution in [0.25, 0.3) is 23.2 Å². The van der Waals surface area contributed by atoms with Crippen LogP contribution < -0.4 is 0 Å². The molecular weight excluding hydrogens is 330 g/mol. The molecule has 1 fully saturated rings. The average molecular weight is 358 g/mol. The lowest BCUT2D eigenvalue weighted by Crippen LogP contribution is -2.44. The third-order valence-electron chi connectivity index (χ3n) is 6.50. The molecular formula is C24H27N3. The molecule has 0 radical (unpaired) electrons. The lowest BCUT2D eigenvalue weighted by molar-refractivity contribution is 0.0997. The first-order chi connectivity index (χ1) is 13.1. The van der Waals surface area contributed by atoms with Gasteiger partial charge in [-0.05, 0) is 75.6 Å². The van der Waals surface area contributed by atoms with E-state index in [2.05, 4.69) is 71.0 Å². The number of rotatable bonds is 2. The highest BCUT2D eigenvalue weighted by Crippen LogP contribution is 2.45. The Bertz CT molecular complexity index is 1030. The smallest absolute Gasteiger partial charge is 0.0529 e. The minimum Gasteiger partial charge on any atom is -0.320 e. The molecule has 1 saturated heterocycles. The van der Waals surface area contributed by atoms with E-state index in [0.717, 1.165) is 17.7 Å². The maximum Gasteiger partial charge on any atom is 0.0529 e. The Kier molecular flexibility index (Phi) is 3.94. The zero-order chi connectivity index (χ0) is 18.5. The van der Waals surface area contributed by atoms with E-state index >= 15 is 0 Å². The van der Waals surface area contributed by atoms with Gasteiger partial charge in [0, 0.05) is 47.7 Å². The molecule has 1 aromatic carbocycles. The largest absolute Gasteiger partial charge is 0.320 e. The summed E-state index contributed by atoms with van der Waals surface area (Å²) in [4.78, 5) is 7.06. The minimum atomic E-state index is 0.562. The van der Waals surface area contributed by atoms with Gasteiger partial charge >= 0.3 is 0 Å². The fraction of sp³-hybridized carbons (Fsp3) is 0.375. The fourth-order valence-electron chi connectivity index (χ4n) is 5.02. The molecule has 3 nitrogen and oxygen atoms in total. The van der Waals surface area contributed by atoms with Crippen molar-refractivity contribution in [2.24, 2.45) is 0 Å². The second-order valence-corrected chi connectivity index (χ2v) is 8.27. The Labute approximate surface area is 161 Å². The van der Waals surface area contributed by atoms with Gasteiger partial charge in [0.05, 0.1) is 5.52 Å². The van der Waals surface area contributed by atoms with Crippen LogP contribution in [0, 0.1) is 13.8 Å². The summed E-state index contributed by atoms with van der Waals surface area (Å²) < 4.78 is 2.45. The van der Waals surface area contributed by atoms with Gasteiger partial charge in [0.25, 0.3) is 0 Å². The average Bonchev–Trinajstić information content (AvgIpc) is 2.93. The monoisotopic (exact) mass is 357 g/mol. The van der Waals surface area contributed by atoms with E-state index in [1.807, 2.05) is 13.1 Å². The lowest BCUT2D eigenvalue weighted by atomic mass is 9.82. The molecule has 3 aromatic rings. The second-order valence-electron chi connectivity index (χ2n) is 8.27. The summed E-state index contributed by atoms with van der Waals surface area (Å²) >= 11 is 0. The van der Waals surface area contributed by atoms with Crippen molar-refractivity contribution >= 4 is 23.2 Å². The predicted molar refractivity (Wildman–Crippen MR) is 113 cm³/mol. The van der Waals surface area contributed by atoms with E-state index in [0.29, 0.717) is 12.1 Å². The molecule has 2 bridgehead atoms. The van der Waals surface area contributed by atoms with Crippen LogP contribution in [0.4, 0.5) is 0 Å². The van der Waals surface area contributed by atoms with Crippen molar-refractivity contribution in [3.63, 3.8) is 0 Å². The Morgan fingerprint density at radius 1 is 1.11 bits per heavy atom. The van der Waals surface area contributed by atoms with Crippen molar-refractivity contribution in [3.8, 4) is 0 Å². The van der Waals surface area contributed by atoms with Crippen molar-refractivity contribution < 1.29 is 0 Å². The molecule has 0 N–H and O–H groups in total. The number of hydrogen-bond acceptors (Lipinski definition) is 2. The second kappa shape index (κ2) is 6.35. The number of pyridine rings is 1. The molecule has 0 amide bonds. The van der Waals surface area contributed by atoms with Gasteiger partial charge in [0.15, 0.2) is 0 Å². The minimum absolute atomic E-state index is 0.562. The van der Waals surface area contributed by atoms with Crippen LogP contribution in [0.2, 0.25) is 0 Å². The Morgan fingerprint density at radius 3 is 2.81 bits per heavy atom. The standard InChI is InChI=1S/C24H27N3/c1-16-7-10-21-20(13-16)24-22-6-4-5-19(26(22)3)14-23(24)27(21)12-11-18-9-8-17(2)25-15-18/h7-13,15,19,22H,4-6,14H2,1-3H3/b12-11-/t19-,22+/m0/s1. The molecule has 0 saturated carbocycles. The van der Waals surface area contributed by atoms with E-state index in [1.165, 1.54) is 41.4 Å². The molecule has 2 aromatic heterocycles. The summed E-state index contributed by atoms with van der Waals surface area (Å²) in [6.07, 6.45) is 11.5. The molecule has 2 aliphatic heterocycles. The summed E-state index contributed by atoms with van der Waals surface area (Å²) in [5.41, 5.74) is 7.97. The van der Waals surface area contributed by atoms with Crippen LogP contribution >= 0.6 is 0 Å². The van der Waals surface area contributed by atoms with Crippen LogP contribution in [0.15, 0.2) is 36.5 Å². The molecule has 138 valence electrons. The number of aryl methyl sites for hydroxylation is 2. The molecule has 0 unspecified atom stereocenters. The number of aromatic nitrogens is 2. The summed E-state index contributed by atoms with van der Waals surface area (Å²) in [5.74, 6) is 0. The maximum absolute atomic E-state index is 4.43. The highest BCUT2D eigenvalue weighted by Gasteiger charge is 2.38. The molecule has 27 heavy (non-hydrogen) atoms. The van der Waals surface area contributed by atoms with Gasteiger partial charge in [-0.1, -0.05) is 17.7 Å². The topological polar surface area (TPSA) is 21.1 Å². The number of likely N-dealkylation sites (N-methyl/N-ethyl adjacent to an activating group) is 1. The zero-order valence-corrected chi connectivity index (χ0v) is 16.4. The molecule has 5 rings (SSSR count). The van der Waals surface area contributed by atoms with Crippen molar-refractivity contribution in [1.82, 2.24) is 14.5 Å². The van der Waals surface area contributed by atoms with E-state index in [9.17, 15) is 0 Å². The lowest BCUT2D eigenvalue weighted by Gasteiger charge is -2.44. The zero-order valence-electron chi connectivity index (χ0n) is 16.4. The summed E-state index contributed by atoms with van der Waals surface area (Å²) in [6.45, 7) is 4.23. The van der Waals surface area contributed by atoms with Crippen LogP contribution in [-0.2, 0) is 6.42 Å². The van der Waals surface area contributed by atoms with E-state index in [-0.39, 0.29) is 0 Å². The normalized spacial score (nSPS) is 22.5. The van der Waals surface area contributed by atoms with Crippen molar-refractivity contribution in [3.05, 3.63) is 64.6 Å². The molecule has 0 aliphatic carbocycles. The van der Waals surface area contributed by atoms with E-state index < -0.39 is 0 Å². The SMILES string of the molecule is Cc1ccc2c(c1)c1c(n2/C=C\c2ccc(C)nc2)C[C@@H]2CCC[C@H]1N2C. The van der Waals surface area contributed by atoms with E-state index in [4.69, 9.17) is 0 Å². The van der Waals surface area contributed by atoms with Crippen LogP contribution in [0.5, 0.6) is 0 Å². The number of fused-ring (bicyclic) bond motifs is 6. The molecule has 2 aliphatic rings. The molecule has 3 heteroatoms. The van der Waals surface area contributed by atoms with Gasteiger partial charge < -0.3 is 4.57 Å². The first kappa shape index (κ1) is 16.8. The van der Waals surface area contributed by atoms with Gasteiger partial charge in [-0.25, -0.2) is 0 Å². The van der Waals surface area contributed by atoms with Crippen LogP contribution in [0.3, 0.4) is 0 Å². The molecule has 4 heterocycles. The first-order valence-electron chi connectivity index (χ1n) is 10.1.